The van der Waals surface area contributed by atoms with Crippen molar-refractivity contribution in [2.75, 3.05) is 18.1 Å². The highest BCUT2D eigenvalue weighted by Crippen LogP contribution is 2.20. The molecule has 2 nitrogen and oxygen atoms in total. The zero-order valence-corrected chi connectivity index (χ0v) is 8.70. The second kappa shape index (κ2) is 3.83. The molecule has 0 bridgehead atoms. The van der Waals surface area contributed by atoms with Crippen molar-refractivity contribution in [1.29, 1.82) is 0 Å². The van der Waals surface area contributed by atoms with Gasteiger partial charge in [-0.25, -0.2) is 0 Å². The van der Waals surface area contributed by atoms with E-state index >= 15 is 0 Å². The number of benzene rings is 1. The predicted molar refractivity (Wildman–Crippen MR) is 56.6 cm³/mol. The van der Waals surface area contributed by atoms with E-state index in [-0.39, 0.29) is 0 Å². The van der Waals surface area contributed by atoms with Gasteiger partial charge in [-0.3, -0.25) is 0 Å². The second-order valence-corrected chi connectivity index (χ2v) is 3.74. The quantitative estimate of drug-likeness (QED) is 0.748. The Balaban J connectivity index is 2.24. The number of nitrogens with zero attached hydrogens (tertiary/aromatic N) is 1. The van der Waals surface area contributed by atoms with Crippen LogP contribution < -0.4 is 4.90 Å². The molecule has 1 aliphatic rings. The van der Waals surface area contributed by atoms with Gasteiger partial charge in [0.1, 0.15) is 6.61 Å². The van der Waals surface area contributed by atoms with E-state index in [1.807, 2.05) is 18.3 Å². The van der Waals surface area contributed by atoms with E-state index in [1.54, 1.807) is 6.26 Å². The molecule has 0 spiro atoms. The number of hydrogen-bond acceptors (Lipinski definition) is 2. The Labute approximate surface area is 85.9 Å². The minimum absolute atomic E-state index is 0.753. The van der Waals surface area contributed by atoms with Gasteiger partial charge >= 0.3 is 0 Å². The van der Waals surface area contributed by atoms with E-state index in [1.165, 1.54) is 5.69 Å². The number of anilines is 1. The van der Waals surface area contributed by atoms with E-state index in [4.69, 9.17) is 4.74 Å². The average molecular weight is 240 g/mol. The molecule has 1 heterocycles. The summed E-state index contributed by atoms with van der Waals surface area (Å²) in [6.45, 7) is 1.66. The molecule has 68 valence electrons. The van der Waals surface area contributed by atoms with Crippen LogP contribution in [0.1, 0.15) is 0 Å². The van der Waals surface area contributed by atoms with Crippen LogP contribution in [0.15, 0.2) is 41.2 Å². The summed E-state index contributed by atoms with van der Waals surface area (Å²) in [5.41, 5.74) is 1.19. The molecule has 0 radical (unpaired) electrons. The molecule has 3 heteroatoms. The maximum absolute atomic E-state index is 5.12. The fourth-order valence-corrected chi connectivity index (χ4v) is 1.67. The largest absolute Gasteiger partial charge is 0.498 e. The maximum Gasteiger partial charge on any atom is 0.105 e. The minimum atomic E-state index is 0.753. The molecule has 0 saturated carbocycles. The molecule has 13 heavy (non-hydrogen) atoms. The second-order valence-electron chi connectivity index (χ2n) is 2.83. The van der Waals surface area contributed by atoms with Crippen molar-refractivity contribution >= 4 is 21.6 Å². The van der Waals surface area contributed by atoms with Crippen molar-refractivity contribution in [3.05, 3.63) is 41.2 Å². The van der Waals surface area contributed by atoms with E-state index < -0.39 is 0 Å². The highest BCUT2D eigenvalue weighted by molar-refractivity contribution is 9.10. The topological polar surface area (TPSA) is 12.5 Å². The smallest absolute Gasteiger partial charge is 0.105 e. The fraction of sp³-hybridized carbons (Fsp3) is 0.200. The zero-order valence-electron chi connectivity index (χ0n) is 7.11. The van der Waals surface area contributed by atoms with Crippen LogP contribution in [0.25, 0.3) is 0 Å². The van der Waals surface area contributed by atoms with Gasteiger partial charge in [0.05, 0.1) is 12.8 Å². The molecule has 1 aromatic rings. The molecular formula is C10H10BrNO. The molecule has 0 aromatic heterocycles. The van der Waals surface area contributed by atoms with Gasteiger partial charge in [-0.2, -0.15) is 0 Å². The Morgan fingerprint density at radius 1 is 1.38 bits per heavy atom. The molecular weight excluding hydrogens is 230 g/mol. The molecule has 0 unspecified atom stereocenters. The molecule has 0 amide bonds. The van der Waals surface area contributed by atoms with Gasteiger partial charge in [-0.05, 0) is 18.2 Å². The summed E-state index contributed by atoms with van der Waals surface area (Å²) in [6, 6.07) is 8.23. The summed E-state index contributed by atoms with van der Waals surface area (Å²) in [4.78, 5) is 2.16. The van der Waals surface area contributed by atoms with Crippen molar-refractivity contribution in [1.82, 2.24) is 0 Å². The average Bonchev–Trinajstić information content (AvgIpc) is 2.19. The lowest BCUT2D eigenvalue weighted by atomic mass is 10.3. The normalized spacial score (nSPS) is 15.6. The van der Waals surface area contributed by atoms with Crippen LogP contribution in [-0.2, 0) is 4.74 Å². The van der Waals surface area contributed by atoms with Gasteiger partial charge in [-0.1, -0.05) is 22.0 Å². The first-order valence-electron chi connectivity index (χ1n) is 4.17. The first-order valence-corrected chi connectivity index (χ1v) is 4.96. The summed E-state index contributed by atoms with van der Waals surface area (Å²) in [5, 5.41) is 0. The summed E-state index contributed by atoms with van der Waals surface area (Å²) >= 11 is 3.45. The molecule has 0 N–H and O–H groups in total. The third-order valence-electron chi connectivity index (χ3n) is 1.93. The summed E-state index contributed by atoms with van der Waals surface area (Å²) in [7, 11) is 0. The van der Waals surface area contributed by atoms with E-state index in [0.717, 1.165) is 17.6 Å². The third kappa shape index (κ3) is 2.04. The molecule has 1 aromatic carbocycles. The van der Waals surface area contributed by atoms with Crippen LogP contribution in [-0.4, -0.2) is 13.2 Å². The van der Waals surface area contributed by atoms with E-state index in [9.17, 15) is 0 Å². The molecule has 1 aliphatic heterocycles. The van der Waals surface area contributed by atoms with Crippen LogP contribution in [0.4, 0.5) is 5.69 Å². The molecule has 0 fully saturated rings. The Kier molecular flexibility index (Phi) is 2.54. The van der Waals surface area contributed by atoms with Crippen molar-refractivity contribution in [2.45, 2.75) is 0 Å². The van der Waals surface area contributed by atoms with Gasteiger partial charge in [0, 0.05) is 16.4 Å². The zero-order chi connectivity index (χ0) is 9.10. The van der Waals surface area contributed by atoms with Crippen LogP contribution in [0, 0.1) is 0 Å². The summed E-state index contributed by atoms with van der Waals surface area (Å²) in [5.74, 6) is 0. The molecule has 0 saturated heterocycles. The first kappa shape index (κ1) is 8.63. The minimum Gasteiger partial charge on any atom is -0.498 e. The van der Waals surface area contributed by atoms with Crippen LogP contribution >= 0.6 is 15.9 Å². The predicted octanol–water partition coefficient (Wildman–Crippen LogP) is 2.76. The van der Waals surface area contributed by atoms with Crippen LogP contribution in [0.3, 0.4) is 0 Å². The monoisotopic (exact) mass is 239 g/mol. The van der Waals surface area contributed by atoms with Crippen LogP contribution in [0.5, 0.6) is 0 Å². The standard InChI is InChI=1S/C10H10BrNO/c11-9-2-1-3-10(8-9)12-4-6-13-7-5-12/h1-4,6,8H,5,7H2. The van der Waals surface area contributed by atoms with E-state index in [2.05, 4.69) is 33.0 Å². The Bertz CT molecular complexity index is 324. The lowest BCUT2D eigenvalue weighted by molar-refractivity contribution is 0.245. The highest BCUT2D eigenvalue weighted by atomic mass is 79.9. The SMILES string of the molecule is Brc1cccc(N2C=COCC2)c1. The van der Waals surface area contributed by atoms with Gasteiger partial charge in [-0.15, -0.1) is 0 Å². The highest BCUT2D eigenvalue weighted by Gasteiger charge is 2.06. The van der Waals surface area contributed by atoms with Crippen LogP contribution in [0.2, 0.25) is 0 Å². The first-order chi connectivity index (χ1) is 6.36. The number of halogens is 1. The van der Waals surface area contributed by atoms with Crippen molar-refractivity contribution in [2.24, 2.45) is 0 Å². The lowest BCUT2D eigenvalue weighted by Gasteiger charge is -2.23. The number of rotatable bonds is 1. The Morgan fingerprint density at radius 3 is 3.00 bits per heavy atom. The van der Waals surface area contributed by atoms with Crippen molar-refractivity contribution < 1.29 is 4.74 Å². The molecule has 2 rings (SSSR count). The summed E-state index contributed by atoms with van der Waals surface area (Å²) < 4.78 is 6.22. The number of ether oxygens (including phenoxy) is 1. The van der Waals surface area contributed by atoms with Gasteiger partial charge < -0.3 is 9.64 Å². The van der Waals surface area contributed by atoms with Crippen molar-refractivity contribution in [3.63, 3.8) is 0 Å². The fourth-order valence-electron chi connectivity index (χ4n) is 1.28. The van der Waals surface area contributed by atoms with E-state index in [0.29, 0.717) is 0 Å². The van der Waals surface area contributed by atoms with Gasteiger partial charge in [0.15, 0.2) is 0 Å². The Hall–Kier alpha value is -0.960. The Morgan fingerprint density at radius 2 is 2.31 bits per heavy atom. The van der Waals surface area contributed by atoms with Gasteiger partial charge in [0.2, 0.25) is 0 Å². The van der Waals surface area contributed by atoms with Crippen molar-refractivity contribution in [3.8, 4) is 0 Å². The third-order valence-corrected chi connectivity index (χ3v) is 2.42. The lowest BCUT2D eigenvalue weighted by Crippen LogP contribution is -2.24. The maximum atomic E-state index is 5.12. The summed E-state index contributed by atoms with van der Waals surface area (Å²) in [6.07, 6.45) is 3.68. The number of hydrogen-bond donors (Lipinski definition) is 0. The molecule has 0 aliphatic carbocycles. The molecule has 0 atom stereocenters. The van der Waals surface area contributed by atoms with Gasteiger partial charge in [0.25, 0.3) is 0 Å².